The van der Waals surface area contributed by atoms with Gasteiger partial charge in [0.1, 0.15) is 5.75 Å². The number of nitrogens with two attached hydrogens (primary N) is 1. The highest BCUT2D eigenvalue weighted by molar-refractivity contribution is 5.91. The van der Waals surface area contributed by atoms with Crippen LogP contribution in [0.15, 0.2) is 24.3 Å². The van der Waals surface area contributed by atoms with Gasteiger partial charge in [-0.15, -0.1) is 0 Å². The van der Waals surface area contributed by atoms with E-state index in [-0.39, 0.29) is 6.54 Å². The second-order valence-electron chi connectivity index (χ2n) is 3.00. The van der Waals surface area contributed by atoms with E-state index < -0.39 is 11.9 Å². The lowest BCUT2D eigenvalue weighted by molar-refractivity contribution is -0.117. The Morgan fingerprint density at radius 3 is 2.44 bits per heavy atom. The lowest BCUT2D eigenvalue weighted by Gasteiger charge is -2.06. The van der Waals surface area contributed by atoms with Crippen molar-refractivity contribution in [3.05, 3.63) is 24.3 Å². The third-order valence-electron chi connectivity index (χ3n) is 1.77. The molecule has 4 N–H and O–H groups in total. The van der Waals surface area contributed by atoms with Crippen molar-refractivity contribution in [1.29, 1.82) is 0 Å². The molecule has 1 aromatic carbocycles. The molecule has 0 unspecified atom stereocenters. The van der Waals surface area contributed by atoms with Crippen LogP contribution in [0.25, 0.3) is 0 Å². The number of ether oxygens (including phenoxy) is 1. The average Bonchev–Trinajstić information content (AvgIpc) is 2.27. The molecule has 0 heterocycles. The van der Waals surface area contributed by atoms with E-state index >= 15 is 0 Å². The summed E-state index contributed by atoms with van der Waals surface area (Å²) in [4.78, 5) is 21.6. The molecule has 0 spiro atoms. The SMILES string of the molecule is COc1ccc(NC(=O)NCC(N)=O)cc1. The third-order valence-corrected chi connectivity index (χ3v) is 1.77. The maximum atomic E-state index is 11.2. The molecule has 0 radical (unpaired) electrons. The Kier molecular flexibility index (Phi) is 4.14. The van der Waals surface area contributed by atoms with Gasteiger partial charge in [0.15, 0.2) is 0 Å². The van der Waals surface area contributed by atoms with Gasteiger partial charge in [0.05, 0.1) is 13.7 Å². The van der Waals surface area contributed by atoms with Crippen LogP contribution in [0, 0.1) is 0 Å². The summed E-state index contributed by atoms with van der Waals surface area (Å²) >= 11 is 0. The number of carbonyl (C=O) groups excluding carboxylic acids is 2. The number of hydrogen-bond acceptors (Lipinski definition) is 3. The van der Waals surface area contributed by atoms with Crippen molar-refractivity contribution >= 4 is 17.6 Å². The zero-order valence-corrected chi connectivity index (χ0v) is 8.82. The minimum Gasteiger partial charge on any atom is -0.497 e. The summed E-state index contributed by atoms with van der Waals surface area (Å²) in [5.74, 6) is 0.105. The van der Waals surface area contributed by atoms with E-state index in [9.17, 15) is 9.59 Å². The molecule has 0 bridgehead atoms. The first-order valence-electron chi connectivity index (χ1n) is 4.59. The van der Waals surface area contributed by atoms with E-state index in [2.05, 4.69) is 10.6 Å². The number of nitrogens with one attached hydrogen (secondary N) is 2. The van der Waals surface area contributed by atoms with Crippen molar-refractivity contribution in [2.24, 2.45) is 5.73 Å². The number of benzene rings is 1. The molecule has 0 aliphatic carbocycles. The number of primary amides is 1. The monoisotopic (exact) mass is 223 g/mol. The Labute approximate surface area is 92.8 Å². The molecule has 16 heavy (non-hydrogen) atoms. The summed E-state index contributed by atoms with van der Waals surface area (Å²) in [6, 6.07) is 6.31. The molecular formula is C10H13N3O3. The first-order valence-corrected chi connectivity index (χ1v) is 4.59. The number of urea groups is 1. The number of anilines is 1. The van der Waals surface area contributed by atoms with Gasteiger partial charge < -0.3 is 21.1 Å². The molecule has 0 saturated heterocycles. The molecule has 6 nitrogen and oxygen atoms in total. The van der Waals surface area contributed by atoms with Crippen molar-refractivity contribution in [1.82, 2.24) is 5.32 Å². The Morgan fingerprint density at radius 2 is 1.94 bits per heavy atom. The predicted molar refractivity (Wildman–Crippen MR) is 59.2 cm³/mol. The molecule has 6 heteroatoms. The zero-order valence-electron chi connectivity index (χ0n) is 8.82. The van der Waals surface area contributed by atoms with Gasteiger partial charge in [0, 0.05) is 5.69 Å². The molecule has 0 atom stereocenters. The fourth-order valence-electron chi connectivity index (χ4n) is 1.02. The van der Waals surface area contributed by atoms with Crippen LogP contribution < -0.4 is 21.1 Å². The van der Waals surface area contributed by atoms with Crippen molar-refractivity contribution in [3.8, 4) is 5.75 Å². The van der Waals surface area contributed by atoms with Crippen LogP contribution in [-0.4, -0.2) is 25.6 Å². The van der Waals surface area contributed by atoms with Crippen LogP contribution in [0.4, 0.5) is 10.5 Å². The summed E-state index contributed by atoms with van der Waals surface area (Å²) in [7, 11) is 1.56. The van der Waals surface area contributed by atoms with Crippen LogP contribution in [0.1, 0.15) is 0 Å². The van der Waals surface area contributed by atoms with Gasteiger partial charge in [0.25, 0.3) is 0 Å². The number of methoxy groups -OCH3 is 1. The summed E-state index contributed by atoms with van der Waals surface area (Å²) in [5.41, 5.74) is 5.47. The summed E-state index contributed by atoms with van der Waals surface area (Å²) in [5, 5.41) is 4.84. The van der Waals surface area contributed by atoms with Crippen molar-refractivity contribution in [2.45, 2.75) is 0 Å². The maximum absolute atomic E-state index is 11.2. The number of hydrogen-bond donors (Lipinski definition) is 3. The Morgan fingerprint density at radius 1 is 1.31 bits per heavy atom. The maximum Gasteiger partial charge on any atom is 0.319 e. The largest absolute Gasteiger partial charge is 0.497 e. The second kappa shape index (κ2) is 5.59. The van der Waals surface area contributed by atoms with E-state index in [1.807, 2.05) is 0 Å². The van der Waals surface area contributed by atoms with Crippen LogP contribution in [-0.2, 0) is 4.79 Å². The molecular weight excluding hydrogens is 210 g/mol. The van der Waals surface area contributed by atoms with Gasteiger partial charge in [-0.05, 0) is 24.3 Å². The lowest BCUT2D eigenvalue weighted by Crippen LogP contribution is -2.36. The van der Waals surface area contributed by atoms with E-state index in [1.54, 1.807) is 31.4 Å². The van der Waals surface area contributed by atoms with Gasteiger partial charge in [0.2, 0.25) is 5.91 Å². The van der Waals surface area contributed by atoms with Crippen LogP contribution >= 0.6 is 0 Å². The van der Waals surface area contributed by atoms with Gasteiger partial charge in [-0.1, -0.05) is 0 Å². The molecule has 0 aromatic heterocycles. The van der Waals surface area contributed by atoms with E-state index in [4.69, 9.17) is 10.5 Å². The fraction of sp³-hybridized carbons (Fsp3) is 0.200. The normalized spacial score (nSPS) is 9.31. The van der Waals surface area contributed by atoms with E-state index in [1.165, 1.54) is 0 Å². The standard InChI is InChI=1S/C10H13N3O3/c1-16-8-4-2-7(3-5-8)13-10(15)12-6-9(11)14/h2-5H,6H2,1H3,(H2,11,14)(H2,12,13,15). The molecule has 3 amide bonds. The quantitative estimate of drug-likeness (QED) is 0.685. The van der Waals surface area contributed by atoms with Gasteiger partial charge in [-0.2, -0.15) is 0 Å². The topological polar surface area (TPSA) is 93.4 Å². The van der Waals surface area contributed by atoms with Crippen LogP contribution in [0.5, 0.6) is 5.75 Å². The molecule has 0 saturated carbocycles. The molecule has 1 rings (SSSR count). The molecule has 0 aliphatic rings. The van der Waals surface area contributed by atoms with Crippen LogP contribution in [0.2, 0.25) is 0 Å². The minimum atomic E-state index is -0.593. The molecule has 0 fully saturated rings. The van der Waals surface area contributed by atoms with E-state index in [0.29, 0.717) is 11.4 Å². The molecule has 0 aliphatic heterocycles. The third kappa shape index (κ3) is 3.87. The first-order chi connectivity index (χ1) is 7.61. The molecule has 1 aromatic rings. The average molecular weight is 223 g/mol. The summed E-state index contributed by atoms with van der Waals surface area (Å²) in [6.45, 7) is -0.192. The van der Waals surface area contributed by atoms with Gasteiger partial charge >= 0.3 is 6.03 Å². The highest BCUT2D eigenvalue weighted by Gasteiger charge is 2.02. The smallest absolute Gasteiger partial charge is 0.319 e. The first kappa shape index (κ1) is 11.8. The molecule has 86 valence electrons. The van der Waals surface area contributed by atoms with Crippen molar-refractivity contribution in [2.75, 3.05) is 19.0 Å². The summed E-state index contributed by atoms with van der Waals surface area (Å²) in [6.07, 6.45) is 0. The number of rotatable bonds is 4. The zero-order chi connectivity index (χ0) is 12.0. The Hall–Kier alpha value is -2.24. The highest BCUT2D eigenvalue weighted by Crippen LogP contribution is 2.14. The van der Waals surface area contributed by atoms with Gasteiger partial charge in [-0.25, -0.2) is 4.79 Å². The van der Waals surface area contributed by atoms with Gasteiger partial charge in [-0.3, -0.25) is 4.79 Å². The van der Waals surface area contributed by atoms with Crippen molar-refractivity contribution in [3.63, 3.8) is 0 Å². The van der Waals surface area contributed by atoms with Crippen molar-refractivity contribution < 1.29 is 14.3 Å². The lowest BCUT2D eigenvalue weighted by atomic mass is 10.3. The Bertz CT molecular complexity index is 375. The second-order valence-corrected chi connectivity index (χ2v) is 3.00. The number of amides is 3. The minimum absolute atomic E-state index is 0.192. The number of carbonyl (C=O) groups is 2. The summed E-state index contributed by atoms with van der Waals surface area (Å²) < 4.78 is 4.96. The fourth-order valence-corrected chi connectivity index (χ4v) is 1.02. The van der Waals surface area contributed by atoms with E-state index in [0.717, 1.165) is 0 Å². The predicted octanol–water partition coefficient (Wildman–Crippen LogP) is 0.302. The highest BCUT2D eigenvalue weighted by atomic mass is 16.5. The Balaban J connectivity index is 2.46. The van der Waals surface area contributed by atoms with Crippen LogP contribution in [0.3, 0.4) is 0 Å².